The lowest BCUT2D eigenvalue weighted by atomic mass is 9.92. The van der Waals surface area contributed by atoms with Gasteiger partial charge >= 0.3 is 5.97 Å². The van der Waals surface area contributed by atoms with Gasteiger partial charge in [0.25, 0.3) is 0 Å². The molecule has 1 fully saturated rings. The predicted octanol–water partition coefficient (Wildman–Crippen LogP) is 3.62. The van der Waals surface area contributed by atoms with Crippen LogP contribution in [0.15, 0.2) is 53.4 Å². The van der Waals surface area contributed by atoms with Gasteiger partial charge in [0.15, 0.2) is 0 Å². The van der Waals surface area contributed by atoms with Gasteiger partial charge in [-0.1, -0.05) is 36.6 Å². The Labute approximate surface area is 176 Å². The van der Waals surface area contributed by atoms with Crippen molar-refractivity contribution < 1.29 is 23.1 Å². The molecule has 0 aromatic heterocycles. The van der Waals surface area contributed by atoms with E-state index in [9.17, 15) is 18.3 Å². The second-order valence-corrected chi connectivity index (χ2v) is 9.44. The van der Waals surface area contributed by atoms with E-state index in [2.05, 4.69) is 0 Å². The molecule has 1 aliphatic rings. The topological polar surface area (TPSA) is 83.9 Å². The molecule has 2 aromatic rings. The van der Waals surface area contributed by atoms with Gasteiger partial charge in [-0.15, -0.1) is 0 Å². The fourth-order valence-electron chi connectivity index (χ4n) is 3.59. The first-order valence-corrected chi connectivity index (χ1v) is 11.3. The lowest BCUT2D eigenvalue weighted by molar-refractivity contribution is 0.0533. The molecule has 0 radical (unpaired) electrons. The zero-order valence-electron chi connectivity index (χ0n) is 16.1. The number of aliphatic hydroxyl groups excluding tert-OH is 1. The van der Waals surface area contributed by atoms with Gasteiger partial charge in [0.1, 0.15) is 0 Å². The molecule has 1 aliphatic carbocycles. The first kappa shape index (κ1) is 21.8. The fraction of sp³-hybridized carbons (Fsp3) is 0.381. The van der Waals surface area contributed by atoms with E-state index in [0.29, 0.717) is 29.0 Å². The summed E-state index contributed by atoms with van der Waals surface area (Å²) in [6.07, 6.45) is 2.17. The average molecular weight is 438 g/mol. The number of hydrogen-bond acceptors (Lipinski definition) is 5. The van der Waals surface area contributed by atoms with E-state index in [0.717, 1.165) is 12.8 Å². The van der Waals surface area contributed by atoms with Gasteiger partial charge in [0.2, 0.25) is 10.0 Å². The van der Waals surface area contributed by atoms with Crippen LogP contribution in [0.4, 0.5) is 0 Å². The third kappa shape index (κ3) is 4.98. The Morgan fingerprint density at radius 2 is 1.72 bits per heavy atom. The molecular formula is C21H24ClNO5S. The van der Waals surface area contributed by atoms with E-state index in [-0.39, 0.29) is 11.4 Å². The summed E-state index contributed by atoms with van der Waals surface area (Å²) in [6, 6.07) is 12.1. The third-order valence-corrected chi connectivity index (χ3v) is 7.33. The fourth-order valence-corrected chi connectivity index (χ4v) is 5.39. The number of esters is 1. The molecule has 0 spiro atoms. The summed E-state index contributed by atoms with van der Waals surface area (Å²) >= 11 is 5.91. The van der Waals surface area contributed by atoms with Crippen molar-refractivity contribution in [3.63, 3.8) is 0 Å². The van der Waals surface area contributed by atoms with Crippen molar-refractivity contribution in [3.8, 4) is 0 Å². The summed E-state index contributed by atoms with van der Waals surface area (Å²) in [5.41, 5.74) is 1.11. The van der Waals surface area contributed by atoms with Gasteiger partial charge in [-0.3, -0.25) is 0 Å². The molecule has 29 heavy (non-hydrogen) atoms. The smallest absolute Gasteiger partial charge is 0.337 e. The molecule has 0 saturated heterocycles. The Bertz CT molecular complexity index is 944. The van der Waals surface area contributed by atoms with E-state index in [1.807, 2.05) is 0 Å². The van der Waals surface area contributed by atoms with Crippen molar-refractivity contribution in [1.82, 2.24) is 4.31 Å². The SMILES string of the molecule is COC(=O)c1ccc(CN(C2CCCCC2O)S(=O)(=O)c2ccc(Cl)cc2)cc1. The minimum Gasteiger partial charge on any atom is -0.465 e. The van der Waals surface area contributed by atoms with E-state index in [4.69, 9.17) is 16.3 Å². The molecular weight excluding hydrogens is 414 g/mol. The Balaban J connectivity index is 1.95. The number of ether oxygens (including phenoxy) is 1. The molecule has 8 heteroatoms. The lowest BCUT2D eigenvalue weighted by Gasteiger charge is -2.36. The Kier molecular flexibility index (Phi) is 6.95. The highest BCUT2D eigenvalue weighted by Crippen LogP contribution is 2.30. The molecule has 0 aliphatic heterocycles. The second kappa shape index (κ2) is 9.26. The molecule has 156 valence electrons. The lowest BCUT2D eigenvalue weighted by Crippen LogP contribution is -2.48. The molecule has 0 heterocycles. The predicted molar refractivity (Wildman–Crippen MR) is 110 cm³/mol. The molecule has 2 unspecified atom stereocenters. The molecule has 0 amide bonds. The van der Waals surface area contributed by atoms with Crippen LogP contribution >= 0.6 is 11.6 Å². The van der Waals surface area contributed by atoms with E-state index in [1.165, 1.54) is 35.7 Å². The second-order valence-electron chi connectivity index (χ2n) is 7.11. The Morgan fingerprint density at radius 3 is 2.31 bits per heavy atom. The molecule has 2 aromatic carbocycles. The van der Waals surface area contributed by atoms with Crippen LogP contribution < -0.4 is 0 Å². The van der Waals surface area contributed by atoms with Crippen LogP contribution in [0.5, 0.6) is 0 Å². The minimum absolute atomic E-state index is 0.0914. The molecule has 1 N–H and O–H groups in total. The number of rotatable bonds is 6. The molecule has 6 nitrogen and oxygen atoms in total. The zero-order valence-corrected chi connectivity index (χ0v) is 17.7. The standard InChI is InChI=1S/C21H24ClNO5S/c1-28-21(25)16-8-6-15(7-9-16)14-23(19-4-2-3-5-20(19)24)29(26,27)18-12-10-17(22)11-13-18/h6-13,19-20,24H,2-5,14H2,1H3. The highest BCUT2D eigenvalue weighted by Gasteiger charge is 2.37. The maximum Gasteiger partial charge on any atom is 0.337 e. The van der Waals surface area contributed by atoms with Crippen molar-refractivity contribution >= 4 is 27.6 Å². The van der Waals surface area contributed by atoms with Gasteiger partial charge in [-0.25, -0.2) is 13.2 Å². The number of methoxy groups -OCH3 is 1. The first-order valence-electron chi connectivity index (χ1n) is 9.45. The van der Waals surface area contributed by atoms with Gasteiger partial charge in [-0.05, 0) is 54.8 Å². The van der Waals surface area contributed by atoms with Crippen molar-refractivity contribution in [3.05, 3.63) is 64.7 Å². The average Bonchev–Trinajstić information content (AvgIpc) is 2.73. The van der Waals surface area contributed by atoms with Crippen molar-refractivity contribution in [1.29, 1.82) is 0 Å². The third-order valence-electron chi connectivity index (χ3n) is 5.20. The summed E-state index contributed by atoms with van der Waals surface area (Å²) in [4.78, 5) is 11.8. The summed E-state index contributed by atoms with van der Waals surface area (Å²) in [7, 11) is -2.55. The van der Waals surface area contributed by atoms with Crippen molar-refractivity contribution in [2.24, 2.45) is 0 Å². The van der Waals surface area contributed by atoms with Crippen LogP contribution in [-0.4, -0.2) is 43.1 Å². The van der Waals surface area contributed by atoms with E-state index in [1.54, 1.807) is 24.3 Å². The monoisotopic (exact) mass is 437 g/mol. The highest BCUT2D eigenvalue weighted by atomic mass is 35.5. The van der Waals surface area contributed by atoms with E-state index >= 15 is 0 Å². The number of hydrogen-bond donors (Lipinski definition) is 1. The van der Waals surface area contributed by atoms with Crippen LogP contribution in [0.1, 0.15) is 41.6 Å². The quantitative estimate of drug-likeness (QED) is 0.698. The summed E-state index contributed by atoms with van der Waals surface area (Å²) < 4.78 is 32.9. The Hall–Kier alpha value is -1.93. The number of benzene rings is 2. The van der Waals surface area contributed by atoms with E-state index < -0.39 is 28.1 Å². The summed E-state index contributed by atoms with van der Waals surface area (Å²) in [5.74, 6) is -0.454. The first-order chi connectivity index (χ1) is 13.8. The van der Waals surface area contributed by atoms with Crippen molar-refractivity contribution in [2.75, 3.05) is 7.11 Å². The summed E-state index contributed by atoms with van der Waals surface area (Å²) in [6.45, 7) is 0.0914. The molecule has 3 rings (SSSR count). The van der Waals surface area contributed by atoms with Gasteiger partial charge < -0.3 is 9.84 Å². The van der Waals surface area contributed by atoms with Gasteiger partial charge in [-0.2, -0.15) is 4.31 Å². The largest absolute Gasteiger partial charge is 0.465 e. The molecule has 2 atom stereocenters. The maximum absolute atomic E-state index is 13.4. The normalized spacial score (nSPS) is 19.9. The number of halogens is 1. The molecule has 0 bridgehead atoms. The number of aliphatic hydroxyl groups is 1. The zero-order chi connectivity index (χ0) is 21.0. The Morgan fingerprint density at radius 1 is 1.10 bits per heavy atom. The van der Waals surface area contributed by atoms with Crippen LogP contribution in [0.25, 0.3) is 0 Å². The minimum atomic E-state index is -3.86. The highest BCUT2D eigenvalue weighted by molar-refractivity contribution is 7.89. The van der Waals surface area contributed by atoms with Gasteiger partial charge in [0, 0.05) is 11.6 Å². The maximum atomic E-state index is 13.4. The van der Waals surface area contributed by atoms with Crippen molar-refractivity contribution in [2.45, 2.75) is 49.3 Å². The number of sulfonamides is 1. The van der Waals surface area contributed by atoms with Gasteiger partial charge in [0.05, 0.1) is 29.7 Å². The molecule has 1 saturated carbocycles. The summed E-state index contributed by atoms with van der Waals surface area (Å²) in [5, 5.41) is 11.0. The van der Waals surface area contributed by atoms with Crippen LogP contribution in [0.3, 0.4) is 0 Å². The van der Waals surface area contributed by atoms with Crippen LogP contribution in [-0.2, 0) is 21.3 Å². The van der Waals surface area contributed by atoms with Crippen LogP contribution in [0.2, 0.25) is 5.02 Å². The number of carbonyl (C=O) groups excluding carboxylic acids is 1. The van der Waals surface area contributed by atoms with Crippen LogP contribution in [0, 0.1) is 0 Å². The number of carbonyl (C=O) groups is 1. The number of nitrogens with zero attached hydrogens (tertiary/aromatic N) is 1.